The lowest BCUT2D eigenvalue weighted by molar-refractivity contribution is 0.170. The molecule has 1 aromatic carbocycles. The number of benzene rings is 1. The van der Waals surface area contributed by atoms with Crippen LogP contribution in [0.25, 0.3) is 0 Å². The highest BCUT2D eigenvalue weighted by Gasteiger charge is 2.16. The molecule has 1 aliphatic heterocycles. The van der Waals surface area contributed by atoms with E-state index in [0.717, 1.165) is 34.5 Å². The van der Waals surface area contributed by atoms with Crippen LogP contribution in [-0.2, 0) is 6.54 Å². The summed E-state index contributed by atoms with van der Waals surface area (Å²) in [6.07, 6.45) is 1.47. The van der Waals surface area contributed by atoms with Crippen LogP contribution in [0.3, 0.4) is 0 Å². The van der Waals surface area contributed by atoms with Gasteiger partial charge in [-0.2, -0.15) is 5.26 Å². The molecule has 0 aliphatic carbocycles. The van der Waals surface area contributed by atoms with Gasteiger partial charge < -0.3 is 14.8 Å². The normalized spacial score (nSPS) is 14.8. The monoisotopic (exact) mass is 324 g/mol. The summed E-state index contributed by atoms with van der Waals surface area (Å²) in [5.74, 6) is 1.56. The largest absolute Gasteiger partial charge is 0.486 e. The fourth-order valence-electron chi connectivity index (χ4n) is 2.00. The summed E-state index contributed by atoms with van der Waals surface area (Å²) < 4.78 is 12.1. The van der Waals surface area contributed by atoms with Crippen LogP contribution in [-0.4, -0.2) is 19.3 Å². The number of nitriles is 1. The number of hydrogen-bond donors (Lipinski definition) is 1. The molecular weight excluding hydrogens is 308 g/mol. The van der Waals surface area contributed by atoms with Gasteiger partial charge in [0, 0.05) is 12.6 Å². The van der Waals surface area contributed by atoms with Crippen molar-refractivity contribution < 1.29 is 9.47 Å². The molecule has 19 heavy (non-hydrogen) atoms. The molecule has 0 fully saturated rings. The second-order valence-electron chi connectivity index (χ2n) is 4.45. The molecular formula is C14H17BrN2O2. The fourth-order valence-corrected chi connectivity index (χ4v) is 2.60. The highest BCUT2D eigenvalue weighted by molar-refractivity contribution is 9.10. The van der Waals surface area contributed by atoms with Gasteiger partial charge in [-0.25, -0.2) is 0 Å². The Balaban J connectivity index is 2.05. The zero-order valence-electron chi connectivity index (χ0n) is 10.9. The molecule has 0 saturated heterocycles. The van der Waals surface area contributed by atoms with Crippen LogP contribution in [0.2, 0.25) is 0 Å². The lowest BCUT2D eigenvalue weighted by Crippen LogP contribution is -2.27. The molecule has 102 valence electrons. The molecule has 2 rings (SSSR count). The summed E-state index contributed by atoms with van der Waals surface area (Å²) in [5, 5.41) is 12.1. The van der Waals surface area contributed by atoms with E-state index in [1.54, 1.807) is 0 Å². The van der Waals surface area contributed by atoms with Crippen molar-refractivity contribution in [1.29, 1.82) is 5.26 Å². The molecule has 1 atom stereocenters. The third-order valence-electron chi connectivity index (χ3n) is 3.08. The second kappa shape index (κ2) is 6.78. The zero-order chi connectivity index (χ0) is 13.7. The Kier molecular flexibility index (Phi) is 5.06. The highest BCUT2D eigenvalue weighted by atomic mass is 79.9. The number of fused-ring (bicyclic) bond motifs is 1. The van der Waals surface area contributed by atoms with Gasteiger partial charge in [0.25, 0.3) is 0 Å². The van der Waals surface area contributed by atoms with Gasteiger partial charge in [0.1, 0.15) is 13.2 Å². The molecule has 1 heterocycles. The predicted molar refractivity (Wildman–Crippen MR) is 76.3 cm³/mol. The van der Waals surface area contributed by atoms with E-state index < -0.39 is 0 Å². The van der Waals surface area contributed by atoms with Crippen molar-refractivity contribution >= 4 is 15.9 Å². The molecule has 0 saturated carbocycles. The Morgan fingerprint density at radius 1 is 1.42 bits per heavy atom. The summed E-state index contributed by atoms with van der Waals surface area (Å²) in [4.78, 5) is 0. The molecule has 1 aromatic rings. The third-order valence-corrected chi connectivity index (χ3v) is 3.67. The minimum atomic E-state index is 0.233. The number of ether oxygens (including phenoxy) is 2. The van der Waals surface area contributed by atoms with Crippen molar-refractivity contribution in [3.8, 4) is 17.6 Å². The number of hydrogen-bond acceptors (Lipinski definition) is 4. The van der Waals surface area contributed by atoms with Crippen LogP contribution < -0.4 is 14.8 Å². The van der Waals surface area contributed by atoms with Gasteiger partial charge in [-0.1, -0.05) is 6.92 Å². The molecule has 1 aliphatic rings. The Bertz CT molecular complexity index is 485. The molecule has 0 spiro atoms. The Morgan fingerprint density at radius 2 is 2.21 bits per heavy atom. The maximum absolute atomic E-state index is 8.73. The first kappa shape index (κ1) is 14.2. The van der Waals surface area contributed by atoms with E-state index in [1.165, 1.54) is 0 Å². The van der Waals surface area contributed by atoms with Crippen molar-refractivity contribution in [2.24, 2.45) is 0 Å². The minimum Gasteiger partial charge on any atom is -0.486 e. The van der Waals surface area contributed by atoms with Gasteiger partial charge in [0.15, 0.2) is 11.5 Å². The molecule has 0 bridgehead atoms. The van der Waals surface area contributed by atoms with Crippen LogP contribution >= 0.6 is 15.9 Å². The highest BCUT2D eigenvalue weighted by Crippen LogP contribution is 2.38. The Morgan fingerprint density at radius 3 is 2.95 bits per heavy atom. The standard InChI is InChI=1S/C14H17BrN2O2/c1-2-11(3-4-16)17-9-10-7-12(15)14-13(8-10)18-5-6-19-14/h7-8,11,17H,2-3,5-6,9H2,1H3. The lowest BCUT2D eigenvalue weighted by atomic mass is 10.1. The van der Waals surface area contributed by atoms with E-state index in [2.05, 4.69) is 34.2 Å². The zero-order valence-corrected chi connectivity index (χ0v) is 12.5. The summed E-state index contributed by atoms with van der Waals surface area (Å²) in [5.41, 5.74) is 1.12. The second-order valence-corrected chi connectivity index (χ2v) is 5.30. The Labute approximate surface area is 121 Å². The van der Waals surface area contributed by atoms with E-state index >= 15 is 0 Å². The van der Waals surface area contributed by atoms with Crippen molar-refractivity contribution in [3.63, 3.8) is 0 Å². The van der Waals surface area contributed by atoms with Crippen molar-refractivity contribution in [2.75, 3.05) is 13.2 Å². The first-order valence-corrected chi connectivity index (χ1v) is 7.22. The van der Waals surface area contributed by atoms with Crippen LogP contribution in [0, 0.1) is 11.3 Å². The van der Waals surface area contributed by atoms with Crippen molar-refractivity contribution in [3.05, 3.63) is 22.2 Å². The molecule has 1 N–H and O–H groups in total. The van der Waals surface area contributed by atoms with Gasteiger partial charge in [-0.3, -0.25) is 0 Å². The average molecular weight is 325 g/mol. The molecule has 0 aromatic heterocycles. The summed E-state index contributed by atoms with van der Waals surface area (Å²) in [7, 11) is 0. The molecule has 0 radical (unpaired) electrons. The minimum absolute atomic E-state index is 0.233. The summed E-state index contributed by atoms with van der Waals surface area (Å²) in [6, 6.07) is 6.45. The van der Waals surface area contributed by atoms with Crippen LogP contribution in [0.4, 0.5) is 0 Å². The molecule has 1 unspecified atom stereocenters. The van der Waals surface area contributed by atoms with Gasteiger partial charge in [0.05, 0.1) is 17.0 Å². The third kappa shape index (κ3) is 3.62. The van der Waals surface area contributed by atoms with Crippen molar-refractivity contribution in [1.82, 2.24) is 5.32 Å². The molecule has 4 nitrogen and oxygen atoms in total. The maximum Gasteiger partial charge on any atom is 0.175 e. The average Bonchev–Trinajstić information content (AvgIpc) is 2.43. The van der Waals surface area contributed by atoms with Crippen LogP contribution in [0.1, 0.15) is 25.3 Å². The summed E-state index contributed by atoms with van der Waals surface area (Å²) in [6.45, 7) is 3.97. The first-order valence-electron chi connectivity index (χ1n) is 6.43. The van der Waals surface area contributed by atoms with Crippen LogP contribution in [0.5, 0.6) is 11.5 Å². The number of halogens is 1. The maximum atomic E-state index is 8.73. The lowest BCUT2D eigenvalue weighted by Gasteiger charge is -2.21. The van der Waals surface area contributed by atoms with Gasteiger partial charge in [-0.05, 0) is 40.0 Å². The fraction of sp³-hybridized carbons (Fsp3) is 0.500. The number of rotatable bonds is 5. The van der Waals surface area contributed by atoms with Gasteiger partial charge in [0.2, 0.25) is 0 Å². The first-order chi connectivity index (χ1) is 9.24. The molecule has 0 amide bonds. The summed E-state index contributed by atoms with van der Waals surface area (Å²) >= 11 is 3.50. The smallest absolute Gasteiger partial charge is 0.175 e. The Hall–Kier alpha value is -1.25. The van der Waals surface area contributed by atoms with E-state index in [0.29, 0.717) is 19.6 Å². The number of nitrogens with zero attached hydrogens (tertiary/aromatic N) is 1. The molecule has 5 heteroatoms. The SMILES string of the molecule is CCC(CC#N)NCc1cc(Br)c2c(c1)OCCO2. The van der Waals surface area contributed by atoms with Gasteiger partial charge in [-0.15, -0.1) is 0 Å². The van der Waals surface area contributed by atoms with E-state index in [1.807, 2.05) is 12.1 Å². The van der Waals surface area contributed by atoms with E-state index in [9.17, 15) is 0 Å². The van der Waals surface area contributed by atoms with E-state index in [-0.39, 0.29) is 6.04 Å². The van der Waals surface area contributed by atoms with Crippen molar-refractivity contribution in [2.45, 2.75) is 32.4 Å². The topological polar surface area (TPSA) is 54.3 Å². The van der Waals surface area contributed by atoms with Gasteiger partial charge >= 0.3 is 0 Å². The van der Waals surface area contributed by atoms with E-state index in [4.69, 9.17) is 14.7 Å². The number of nitrogens with one attached hydrogen (secondary N) is 1. The quantitative estimate of drug-likeness (QED) is 0.904. The predicted octanol–water partition coefficient (Wildman–Crippen LogP) is 3.00. The van der Waals surface area contributed by atoms with Crippen LogP contribution in [0.15, 0.2) is 16.6 Å².